The normalized spacial score (nSPS) is 13.4. The number of carbonyl (C=O) groups is 5. The van der Waals surface area contributed by atoms with Gasteiger partial charge in [0.2, 0.25) is 23.6 Å². The molecule has 4 amide bonds. The van der Waals surface area contributed by atoms with Gasteiger partial charge in [-0.05, 0) is 54.3 Å². The van der Waals surface area contributed by atoms with Crippen molar-refractivity contribution >= 4 is 29.6 Å². The number of nitrogens with two attached hydrogens (primary N) is 1. The van der Waals surface area contributed by atoms with E-state index < -0.39 is 60.3 Å². The van der Waals surface area contributed by atoms with E-state index in [2.05, 4.69) is 21.3 Å². The minimum Gasteiger partial charge on any atom is -0.508 e. The van der Waals surface area contributed by atoms with Gasteiger partial charge in [-0.3, -0.25) is 19.2 Å². The molecule has 13 nitrogen and oxygen atoms in total. The Hall–Kier alpha value is -5.43. The van der Waals surface area contributed by atoms with Gasteiger partial charge in [-0.25, -0.2) is 4.79 Å². The molecule has 0 spiro atoms. The fourth-order valence-electron chi connectivity index (χ4n) is 4.32. The van der Waals surface area contributed by atoms with Crippen molar-refractivity contribution in [3.63, 3.8) is 0 Å². The van der Waals surface area contributed by atoms with Crippen LogP contribution >= 0.6 is 0 Å². The molecule has 0 saturated carbocycles. The van der Waals surface area contributed by atoms with Crippen LogP contribution < -0.4 is 27.0 Å². The van der Waals surface area contributed by atoms with Crippen molar-refractivity contribution in [2.24, 2.45) is 5.73 Å². The summed E-state index contributed by atoms with van der Waals surface area (Å²) in [6.45, 7) is 0.878. The van der Waals surface area contributed by atoms with E-state index in [0.29, 0.717) is 11.1 Å². The second-order valence-corrected chi connectivity index (χ2v) is 10.5. The van der Waals surface area contributed by atoms with Crippen molar-refractivity contribution in [1.82, 2.24) is 21.3 Å². The minimum absolute atomic E-state index is 0.0143. The maximum atomic E-state index is 13.1. The van der Waals surface area contributed by atoms with Crippen LogP contribution in [-0.4, -0.2) is 75.6 Å². The quantitative estimate of drug-likeness (QED) is 0.116. The van der Waals surface area contributed by atoms with Crippen LogP contribution in [0.5, 0.6) is 11.5 Å². The third-order valence-electron chi connectivity index (χ3n) is 6.83. The molecule has 238 valence electrons. The van der Waals surface area contributed by atoms with Crippen LogP contribution in [0.1, 0.15) is 23.6 Å². The Bertz CT molecular complexity index is 1470. The Labute approximate surface area is 259 Å². The van der Waals surface area contributed by atoms with E-state index >= 15 is 0 Å². The molecule has 0 radical (unpaired) electrons. The van der Waals surface area contributed by atoms with Crippen LogP contribution in [0.3, 0.4) is 0 Å². The van der Waals surface area contributed by atoms with Crippen molar-refractivity contribution in [2.75, 3.05) is 6.54 Å². The maximum Gasteiger partial charge on any atom is 0.326 e. The first-order valence-corrected chi connectivity index (χ1v) is 14.2. The second-order valence-electron chi connectivity index (χ2n) is 10.5. The Kier molecular flexibility index (Phi) is 12.4. The standard InChI is InChI=1S/C32H37N5O8/c1-19(35-30(42)25(33)15-21-7-11-23(38)12-8-21)29(41)37-26(16-20-5-3-2-4-6-20)31(43)34-18-28(40)36-27(32(44)45)17-22-9-13-24(39)14-10-22/h2-14,19,25-27,38-39H,15-18,33H2,1H3,(H,34,43)(H,35,42)(H,36,40)(H,37,41)(H,44,45). The van der Waals surface area contributed by atoms with E-state index in [4.69, 9.17) is 5.73 Å². The van der Waals surface area contributed by atoms with Gasteiger partial charge in [-0.2, -0.15) is 0 Å². The van der Waals surface area contributed by atoms with Gasteiger partial charge in [0, 0.05) is 12.8 Å². The predicted molar refractivity (Wildman–Crippen MR) is 164 cm³/mol. The lowest BCUT2D eigenvalue weighted by Crippen LogP contribution is -2.56. The van der Waals surface area contributed by atoms with Crippen LogP contribution in [0.2, 0.25) is 0 Å². The van der Waals surface area contributed by atoms with E-state index in [0.717, 1.165) is 5.56 Å². The highest BCUT2D eigenvalue weighted by molar-refractivity contribution is 5.94. The van der Waals surface area contributed by atoms with Crippen LogP contribution in [0, 0.1) is 0 Å². The molecule has 9 N–H and O–H groups in total. The van der Waals surface area contributed by atoms with E-state index in [9.17, 15) is 39.3 Å². The molecule has 0 aromatic heterocycles. The second kappa shape index (κ2) is 16.4. The van der Waals surface area contributed by atoms with Gasteiger partial charge < -0.3 is 42.3 Å². The summed E-state index contributed by atoms with van der Waals surface area (Å²) in [5.41, 5.74) is 8.00. The van der Waals surface area contributed by atoms with Crippen LogP contribution in [0.25, 0.3) is 0 Å². The third kappa shape index (κ3) is 11.3. The average Bonchev–Trinajstić information content (AvgIpc) is 3.01. The first kappa shape index (κ1) is 34.1. The lowest BCUT2D eigenvalue weighted by Gasteiger charge is -2.22. The summed E-state index contributed by atoms with van der Waals surface area (Å²) in [5, 5.41) is 38.3. The zero-order chi connectivity index (χ0) is 32.9. The number of amides is 4. The number of carboxylic acid groups (broad SMARTS) is 1. The van der Waals surface area contributed by atoms with Gasteiger partial charge >= 0.3 is 5.97 Å². The largest absolute Gasteiger partial charge is 0.508 e. The number of phenolic OH excluding ortho intramolecular Hbond substituents is 2. The molecule has 45 heavy (non-hydrogen) atoms. The van der Waals surface area contributed by atoms with Crippen LogP contribution in [0.4, 0.5) is 0 Å². The summed E-state index contributed by atoms with van der Waals surface area (Å²) in [5.74, 6) is -3.91. The summed E-state index contributed by atoms with van der Waals surface area (Å²) in [7, 11) is 0. The molecule has 0 bridgehead atoms. The SMILES string of the molecule is CC(NC(=O)C(N)Cc1ccc(O)cc1)C(=O)NC(Cc1ccccc1)C(=O)NCC(=O)NC(Cc1ccc(O)cc1)C(=O)O. The molecule has 0 fully saturated rings. The molecule has 4 atom stereocenters. The van der Waals surface area contributed by atoms with Gasteiger partial charge in [0.25, 0.3) is 0 Å². The monoisotopic (exact) mass is 619 g/mol. The Morgan fingerprint density at radius 1 is 0.644 bits per heavy atom. The van der Waals surface area contributed by atoms with Crippen molar-refractivity contribution in [2.45, 2.75) is 50.4 Å². The van der Waals surface area contributed by atoms with Gasteiger partial charge in [0.05, 0.1) is 12.6 Å². The number of hydrogen-bond donors (Lipinski definition) is 8. The van der Waals surface area contributed by atoms with Gasteiger partial charge in [0.15, 0.2) is 0 Å². The molecule has 4 unspecified atom stereocenters. The van der Waals surface area contributed by atoms with Crippen molar-refractivity contribution < 1.29 is 39.3 Å². The predicted octanol–water partition coefficient (Wildman–Crippen LogP) is 0.128. The van der Waals surface area contributed by atoms with Crippen molar-refractivity contribution in [3.8, 4) is 11.5 Å². The van der Waals surface area contributed by atoms with Crippen molar-refractivity contribution in [3.05, 3.63) is 95.6 Å². The fourth-order valence-corrected chi connectivity index (χ4v) is 4.32. The maximum absolute atomic E-state index is 13.1. The van der Waals surface area contributed by atoms with Crippen LogP contribution in [-0.2, 0) is 43.2 Å². The van der Waals surface area contributed by atoms with E-state index in [1.54, 1.807) is 42.5 Å². The van der Waals surface area contributed by atoms with Gasteiger partial charge in [0.1, 0.15) is 29.6 Å². The highest BCUT2D eigenvalue weighted by Crippen LogP contribution is 2.12. The Morgan fingerprint density at radius 2 is 1.16 bits per heavy atom. The van der Waals surface area contributed by atoms with E-state index in [1.807, 2.05) is 0 Å². The Balaban J connectivity index is 1.58. The molecule has 13 heteroatoms. The number of nitrogens with one attached hydrogen (secondary N) is 4. The molecule has 0 aliphatic carbocycles. The average molecular weight is 620 g/mol. The summed E-state index contributed by atoms with van der Waals surface area (Å²) in [6.07, 6.45) is 0.184. The molecule has 0 saturated heterocycles. The lowest BCUT2D eigenvalue weighted by atomic mass is 10.0. The number of rotatable bonds is 15. The molecular formula is C32H37N5O8. The molecule has 0 aliphatic rings. The molecule has 0 heterocycles. The molecule has 3 aromatic carbocycles. The molecular weight excluding hydrogens is 582 g/mol. The number of carbonyl (C=O) groups excluding carboxylic acids is 4. The zero-order valence-corrected chi connectivity index (χ0v) is 24.6. The number of carboxylic acids is 1. The van der Waals surface area contributed by atoms with Gasteiger partial charge in [-0.15, -0.1) is 0 Å². The molecule has 0 aliphatic heterocycles. The van der Waals surface area contributed by atoms with Crippen molar-refractivity contribution in [1.29, 1.82) is 0 Å². The van der Waals surface area contributed by atoms with Crippen LogP contribution in [0.15, 0.2) is 78.9 Å². The number of benzene rings is 3. The summed E-state index contributed by atoms with van der Waals surface area (Å²) >= 11 is 0. The van der Waals surface area contributed by atoms with E-state index in [1.165, 1.54) is 43.3 Å². The Morgan fingerprint density at radius 3 is 1.71 bits per heavy atom. The zero-order valence-electron chi connectivity index (χ0n) is 24.6. The highest BCUT2D eigenvalue weighted by atomic mass is 16.4. The number of phenols is 2. The number of aliphatic carboxylic acids is 1. The minimum atomic E-state index is -1.29. The first-order valence-electron chi connectivity index (χ1n) is 14.2. The molecule has 3 rings (SSSR count). The van der Waals surface area contributed by atoms with E-state index in [-0.39, 0.29) is 30.8 Å². The molecule has 3 aromatic rings. The summed E-state index contributed by atoms with van der Waals surface area (Å²) in [4.78, 5) is 63.1. The highest BCUT2D eigenvalue weighted by Gasteiger charge is 2.27. The topological polar surface area (TPSA) is 220 Å². The number of aromatic hydroxyl groups is 2. The lowest BCUT2D eigenvalue weighted by molar-refractivity contribution is -0.141. The fraction of sp³-hybridized carbons (Fsp3) is 0.281. The van der Waals surface area contributed by atoms with Gasteiger partial charge in [-0.1, -0.05) is 54.6 Å². The third-order valence-corrected chi connectivity index (χ3v) is 6.83. The smallest absolute Gasteiger partial charge is 0.326 e. The first-order chi connectivity index (χ1) is 21.4. The summed E-state index contributed by atoms with van der Waals surface area (Å²) in [6, 6.07) is 16.4. The summed E-state index contributed by atoms with van der Waals surface area (Å²) < 4.78 is 0. The number of hydrogen-bond acceptors (Lipinski definition) is 8.